The first-order valence-electron chi connectivity index (χ1n) is 8.42. The number of nitrogens with zero attached hydrogens (tertiary/aromatic N) is 1. The summed E-state index contributed by atoms with van der Waals surface area (Å²) in [6.07, 6.45) is 0. The van der Waals surface area contributed by atoms with Crippen LogP contribution in [0.1, 0.15) is 5.56 Å². The number of urea groups is 1. The van der Waals surface area contributed by atoms with Crippen molar-refractivity contribution in [1.29, 1.82) is 0 Å². The van der Waals surface area contributed by atoms with E-state index in [0.29, 0.717) is 0 Å². The number of hydrogen-bond donors (Lipinski definition) is 2. The van der Waals surface area contributed by atoms with E-state index < -0.39 is 0 Å². The molecule has 0 aliphatic carbocycles. The van der Waals surface area contributed by atoms with Crippen LogP contribution in [0.2, 0.25) is 5.02 Å². The molecule has 1 aliphatic rings. The van der Waals surface area contributed by atoms with Crippen LogP contribution >= 0.6 is 11.6 Å². The zero-order chi connectivity index (χ0) is 17.6. The van der Waals surface area contributed by atoms with Gasteiger partial charge in [-0.15, -0.1) is 0 Å². The van der Waals surface area contributed by atoms with E-state index >= 15 is 0 Å². The number of carbonyl (C=O) groups is 1. The average Bonchev–Trinajstić information content (AvgIpc) is 2.64. The minimum absolute atomic E-state index is 0.0648. The number of nitrogens with one attached hydrogen (secondary N) is 2. The fraction of sp³-hybridized carbons (Fsp3) is 0.316. The maximum Gasteiger partial charge on any atom is 0.322 e. The molecule has 0 aromatic heterocycles. The second-order valence-electron chi connectivity index (χ2n) is 6.17. The van der Waals surface area contributed by atoms with E-state index in [4.69, 9.17) is 16.3 Å². The van der Waals surface area contributed by atoms with Crippen LogP contribution in [0.3, 0.4) is 0 Å². The Morgan fingerprint density at radius 3 is 2.68 bits per heavy atom. The molecule has 2 aromatic carbocycles. The summed E-state index contributed by atoms with van der Waals surface area (Å²) in [6, 6.07) is 15.3. The predicted molar refractivity (Wildman–Crippen MR) is 99.4 cm³/mol. The lowest BCUT2D eigenvalue weighted by Gasteiger charge is -2.32. The molecule has 2 aromatic rings. The Labute approximate surface area is 153 Å². The SMILES string of the molecule is COc1cccc(NC(=O)N2CC[NH+](Cc3ccccc3Cl)CC2)c1. The topological polar surface area (TPSA) is 46.0 Å². The summed E-state index contributed by atoms with van der Waals surface area (Å²) in [5.74, 6) is 0.729. The first kappa shape index (κ1) is 17.6. The number of quaternary nitrogens is 1. The van der Waals surface area contributed by atoms with Crippen molar-refractivity contribution in [2.75, 3.05) is 38.6 Å². The van der Waals surface area contributed by atoms with Gasteiger partial charge in [-0.25, -0.2) is 4.79 Å². The molecule has 5 nitrogen and oxygen atoms in total. The van der Waals surface area contributed by atoms with Gasteiger partial charge in [-0.05, 0) is 18.2 Å². The number of anilines is 1. The summed E-state index contributed by atoms with van der Waals surface area (Å²) in [7, 11) is 1.61. The summed E-state index contributed by atoms with van der Waals surface area (Å²) in [4.78, 5) is 15.7. The number of carbonyl (C=O) groups excluding carboxylic acids is 1. The van der Waals surface area contributed by atoms with Crippen LogP contribution in [0, 0.1) is 0 Å². The van der Waals surface area contributed by atoms with Crippen LogP contribution in [0.5, 0.6) is 5.75 Å². The normalized spacial score (nSPS) is 15.0. The molecule has 1 heterocycles. The summed E-state index contributed by atoms with van der Waals surface area (Å²) < 4.78 is 5.18. The van der Waals surface area contributed by atoms with E-state index in [1.807, 2.05) is 47.4 Å². The zero-order valence-corrected chi connectivity index (χ0v) is 15.1. The minimum Gasteiger partial charge on any atom is -0.497 e. The lowest BCUT2D eigenvalue weighted by molar-refractivity contribution is -0.917. The van der Waals surface area contributed by atoms with Gasteiger partial charge >= 0.3 is 6.03 Å². The van der Waals surface area contributed by atoms with Gasteiger partial charge in [-0.3, -0.25) is 0 Å². The highest BCUT2D eigenvalue weighted by molar-refractivity contribution is 6.31. The molecule has 6 heteroatoms. The van der Waals surface area contributed by atoms with Gasteiger partial charge in [0.15, 0.2) is 0 Å². The van der Waals surface area contributed by atoms with Crippen molar-refractivity contribution in [2.24, 2.45) is 0 Å². The predicted octanol–water partition coefficient (Wildman–Crippen LogP) is 2.28. The molecule has 1 aliphatic heterocycles. The molecular formula is C19H23ClN3O2+. The highest BCUT2D eigenvalue weighted by atomic mass is 35.5. The Morgan fingerprint density at radius 2 is 1.96 bits per heavy atom. The second kappa shape index (κ2) is 8.23. The summed E-state index contributed by atoms with van der Waals surface area (Å²) in [5.41, 5.74) is 1.91. The summed E-state index contributed by atoms with van der Waals surface area (Å²) >= 11 is 6.24. The van der Waals surface area contributed by atoms with E-state index in [-0.39, 0.29) is 6.03 Å². The molecule has 1 saturated heterocycles. The van der Waals surface area contributed by atoms with E-state index in [1.54, 1.807) is 7.11 Å². The smallest absolute Gasteiger partial charge is 0.322 e. The average molecular weight is 361 g/mol. The van der Waals surface area contributed by atoms with Crippen molar-refractivity contribution >= 4 is 23.3 Å². The van der Waals surface area contributed by atoms with Crippen molar-refractivity contribution in [3.63, 3.8) is 0 Å². The van der Waals surface area contributed by atoms with E-state index in [0.717, 1.165) is 54.7 Å². The Hall–Kier alpha value is -2.24. The Bertz CT molecular complexity index is 730. The van der Waals surface area contributed by atoms with Crippen LogP contribution in [-0.4, -0.2) is 44.2 Å². The van der Waals surface area contributed by atoms with E-state index in [2.05, 4.69) is 11.4 Å². The third-order valence-corrected chi connectivity index (χ3v) is 4.85. The fourth-order valence-corrected chi connectivity index (χ4v) is 3.22. The van der Waals surface area contributed by atoms with Crippen molar-refractivity contribution in [3.8, 4) is 5.75 Å². The Balaban J connectivity index is 1.51. The van der Waals surface area contributed by atoms with Gasteiger partial charge in [0.1, 0.15) is 12.3 Å². The largest absolute Gasteiger partial charge is 0.497 e. The zero-order valence-electron chi connectivity index (χ0n) is 14.3. The van der Waals surface area contributed by atoms with Gasteiger partial charge in [0, 0.05) is 22.3 Å². The van der Waals surface area contributed by atoms with Gasteiger partial charge in [0.05, 0.1) is 33.3 Å². The maximum absolute atomic E-state index is 12.4. The molecule has 0 unspecified atom stereocenters. The Kier molecular flexibility index (Phi) is 5.79. The molecule has 0 bridgehead atoms. The molecule has 132 valence electrons. The van der Waals surface area contributed by atoms with Crippen molar-refractivity contribution in [2.45, 2.75) is 6.54 Å². The molecule has 3 rings (SSSR count). The van der Waals surface area contributed by atoms with Crippen LogP contribution < -0.4 is 15.0 Å². The number of halogens is 1. The molecule has 25 heavy (non-hydrogen) atoms. The molecule has 0 spiro atoms. The molecular weight excluding hydrogens is 338 g/mol. The molecule has 2 amide bonds. The third kappa shape index (κ3) is 4.65. The first-order valence-corrected chi connectivity index (χ1v) is 8.80. The van der Waals surface area contributed by atoms with Crippen molar-refractivity contribution in [3.05, 3.63) is 59.1 Å². The monoisotopic (exact) mass is 360 g/mol. The van der Waals surface area contributed by atoms with Gasteiger partial charge < -0.3 is 19.9 Å². The van der Waals surface area contributed by atoms with Gasteiger partial charge in [0.2, 0.25) is 0 Å². The number of rotatable bonds is 4. The highest BCUT2D eigenvalue weighted by Crippen LogP contribution is 2.17. The first-order chi connectivity index (χ1) is 12.2. The molecule has 1 fully saturated rings. The minimum atomic E-state index is -0.0648. The van der Waals surface area contributed by atoms with Gasteiger partial charge in [-0.1, -0.05) is 35.9 Å². The van der Waals surface area contributed by atoms with Gasteiger partial charge in [-0.2, -0.15) is 0 Å². The van der Waals surface area contributed by atoms with E-state index in [9.17, 15) is 4.79 Å². The van der Waals surface area contributed by atoms with E-state index in [1.165, 1.54) is 4.90 Å². The number of amides is 2. The van der Waals surface area contributed by atoms with Crippen LogP contribution in [0.15, 0.2) is 48.5 Å². The van der Waals surface area contributed by atoms with Crippen molar-refractivity contribution in [1.82, 2.24) is 4.90 Å². The summed E-state index contributed by atoms with van der Waals surface area (Å²) in [5, 5.41) is 3.75. The molecule has 0 radical (unpaired) electrons. The van der Waals surface area contributed by atoms with Gasteiger partial charge in [0.25, 0.3) is 0 Å². The number of hydrogen-bond acceptors (Lipinski definition) is 2. The molecule has 2 N–H and O–H groups in total. The highest BCUT2D eigenvalue weighted by Gasteiger charge is 2.24. The number of piperazine rings is 1. The molecule has 0 saturated carbocycles. The van der Waals surface area contributed by atoms with Crippen LogP contribution in [0.25, 0.3) is 0 Å². The third-order valence-electron chi connectivity index (χ3n) is 4.48. The fourth-order valence-electron chi connectivity index (χ4n) is 3.02. The number of methoxy groups -OCH3 is 1. The standard InChI is InChI=1S/C19H22ClN3O2/c1-25-17-7-4-6-16(13-17)21-19(24)23-11-9-22(10-12-23)14-15-5-2-3-8-18(15)20/h2-8,13H,9-12,14H2,1H3,(H,21,24)/p+1. The Morgan fingerprint density at radius 1 is 1.20 bits per heavy atom. The summed E-state index contributed by atoms with van der Waals surface area (Å²) in [6.45, 7) is 4.18. The number of ether oxygens (including phenoxy) is 1. The van der Waals surface area contributed by atoms with Crippen LogP contribution in [0.4, 0.5) is 10.5 Å². The maximum atomic E-state index is 12.4. The second-order valence-corrected chi connectivity index (χ2v) is 6.57. The lowest BCUT2D eigenvalue weighted by atomic mass is 10.2. The van der Waals surface area contributed by atoms with Crippen LogP contribution in [-0.2, 0) is 6.54 Å². The lowest BCUT2D eigenvalue weighted by Crippen LogP contribution is -3.13. The number of benzene rings is 2. The van der Waals surface area contributed by atoms with Crippen molar-refractivity contribution < 1.29 is 14.4 Å². The quantitative estimate of drug-likeness (QED) is 0.878. The molecule has 0 atom stereocenters.